The Hall–Kier alpha value is -0.290. The van der Waals surface area contributed by atoms with E-state index in [1.807, 2.05) is 0 Å². The summed E-state index contributed by atoms with van der Waals surface area (Å²) in [6, 6.07) is 0. The van der Waals surface area contributed by atoms with Gasteiger partial charge < -0.3 is 9.47 Å². The number of hydrogen-bond acceptors (Lipinski definition) is 2. The summed E-state index contributed by atoms with van der Waals surface area (Å²) in [6.45, 7) is 2.93. The van der Waals surface area contributed by atoms with Crippen LogP contribution in [0, 0.1) is 5.92 Å². The number of alkyl halides is 3. The van der Waals surface area contributed by atoms with E-state index in [9.17, 15) is 13.2 Å². The third kappa shape index (κ3) is 4.70. The van der Waals surface area contributed by atoms with E-state index in [1.54, 1.807) is 0 Å². The largest absolute Gasteiger partial charge is 0.394 e. The first-order valence-corrected chi connectivity index (χ1v) is 5.80. The summed E-state index contributed by atoms with van der Waals surface area (Å²) in [5.41, 5.74) is 0. The van der Waals surface area contributed by atoms with Gasteiger partial charge in [0.2, 0.25) is 0 Å². The van der Waals surface area contributed by atoms with Crippen LogP contribution in [0.25, 0.3) is 0 Å². The van der Waals surface area contributed by atoms with Gasteiger partial charge >= 0.3 is 6.18 Å². The van der Waals surface area contributed by atoms with Crippen LogP contribution in [0.2, 0.25) is 0 Å². The molecular weight excluding hydrogens is 221 g/mol. The second-order valence-electron chi connectivity index (χ2n) is 4.20. The molecule has 1 saturated heterocycles. The predicted octanol–water partition coefficient (Wildman–Crippen LogP) is 3.16. The Morgan fingerprint density at radius 1 is 1.31 bits per heavy atom. The Kier molecular flexibility index (Phi) is 5.55. The molecule has 0 aromatic heterocycles. The first-order valence-electron chi connectivity index (χ1n) is 5.80. The Labute approximate surface area is 94.1 Å². The molecule has 0 saturated carbocycles. The Bertz CT molecular complexity index is 186. The van der Waals surface area contributed by atoms with Crippen LogP contribution in [0.3, 0.4) is 0 Å². The molecule has 0 unspecified atom stereocenters. The molecular formula is C11H19F3O2. The molecule has 0 aromatic carbocycles. The second-order valence-corrected chi connectivity index (χ2v) is 4.20. The minimum atomic E-state index is -4.12. The van der Waals surface area contributed by atoms with Crippen LogP contribution >= 0.6 is 0 Å². The van der Waals surface area contributed by atoms with Gasteiger partial charge in [-0.25, -0.2) is 0 Å². The fourth-order valence-electron chi connectivity index (χ4n) is 1.66. The van der Waals surface area contributed by atoms with Gasteiger partial charge in [0.15, 0.2) is 0 Å². The highest BCUT2D eigenvalue weighted by atomic mass is 19.4. The number of unbranched alkanes of at least 4 members (excludes halogenated alkanes) is 1. The zero-order chi connectivity index (χ0) is 12.0. The zero-order valence-corrected chi connectivity index (χ0v) is 9.55. The van der Waals surface area contributed by atoms with Gasteiger partial charge in [0.1, 0.15) is 0 Å². The van der Waals surface area contributed by atoms with E-state index in [0.29, 0.717) is 19.6 Å². The number of rotatable bonds is 5. The molecule has 0 N–H and O–H groups in total. The third-order valence-corrected chi connectivity index (χ3v) is 2.78. The van der Waals surface area contributed by atoms with Crippen molar-refractivity contribution < 1.29 is 22.6 Å². The predicted molar refractivity (Wildman–Crippen MR) is 54.2 cm³/mol. The van der Waals surface area contributed by atoms with E-state index in [4.69, 9.17) is 9.47 Å². The van der Waals surface area contributed by atoms with E-state index in [0.717, 1.165) is 12.8 Å². The van der Waals surface area contributed by atoms with E-state index >= 15 is 0 Å². The van der Waals surface area contributed by atoms with E-state index < -0.39 is 12.1 Å². The fourth-order valence-corrected chi connectivity index (χ4v) is 1.66. The summed E-state index contributed by atoms with van der Waals surface area (Å²) in [4.78, 5) is 0. The molecule has 0 radical (unpaired) electrons. The molecule has 1 aliphatic rings. The molecule has 0 aliphatic carbocycles. The van der Waals surface area contributed by atoms with Gasteiger partial charge in [0.05, 0.1) is 25.2 Å². The third-order valence-electron chi connectivity index (χ3n) is 2.78. The summed E-state index contributed by atoms with van der Waals surface area (Å²) in [5, 5.41) is 0. The molecule has 1 rings (SSSR count). The van der Waals surface area contributed by atoms with E-state index in [2.05, 4.69) is 6.92 Å². The maximum atomic E-state index is 12.3. The van der Waals surface area contributed by atoms with E-state index in [-0.39, 0.29) is 19.1 Å². The monoisotopic (exact) mass is 240 g/mol. The smallest absolute Gasteiger partial charge is 0.379 e. The number of halogens is 3. The molecule has 5 heteroatoms. The van der Waals surface area contributed by atoms with Crippen molar-refractivity contribution >= 4 is 0 Å². The molecule has 0 amide bonds. The number of ether oxygens (including phenoxy) is 2. The summed E-state index contributed by atoms with van der Waals surface area (Å²) < 4.78 is 47.4. The summed E-state index contributed by atoms with van der Waals surface area (Å²) in [6.07, 6.45) is -1.63. The first kappa shape index (κ1) is 13.8. The molecule has 96 valence electrons. The highest BCUT2D eigenvalue weighted by molar-refractivity contribution is 4.75. The normalized spacial score (nSPS) is 27.0. The molecule has 1 heterocycles. The highest BCUT2D eigenvalue weighted by Gasteiger charge is 2.42. The molecule has 0 spiro atoms. The zero-order valence-electron chi connectivity index (χ0n) is 9.55. The summed E-state index contributed by atoms with van der Waals surface area (Å²) in [7, 11) is 0. The molecule has 0 aromatic rings. The number of hydrogen-bond donors (Lipinski definition) is 0. The van der Waals surface area contributed by atoms with Crippen LogP contribution in [0.5, 0.6) is 0 Å². The van der Waals surface area contributed by atoms with Crippen molar-refractivity contribution in [3.63, 3.8) is 0 Å². The SMILES string of the molecule is CCCCOC[C@H]1CC[C@H](C(F)(F)F)CO1. The lowest BCUT2D eigenvalue weighted by molar-refractivity contribution is -0.211. The second kappa shape index (κ2) is 6.45. The van der Waals surface area contributed by atoms with Crippen LogP contribution in [-0.4, -0.2) is 32.1 Å². The summed E-state index contributed by atoms with van der Waals surface area (Å²) >= 11 is 0. The molecule has 16 heavy (non-hydrogen) atoms. The minimum absolute atomic E-state index is 0.157. The van der Waals surface area contributed by atoms with Gasteiger partial charge in [0, 0.05) is 6.61 Å². The van der Waals surface area contributed by atoms with Crippen molar-refractivity contribution in [2.24, 2.45) is 5.92 Å². The molecule has 1 aliphatic heterocycles. The van der Waals surface area contributed by atoms with E-state index in [1.165, 1.54) is 0 Å². The van der Waals surface area contributed by atoms with Crippen molar-refractivity contribution in [2.75, 3.05) is 19.8 Å². The first-order chi connectivity index (χ1) is 7.54. The molecule has 2 atom stereocenters. The maximum Gasteiger partial charge on any atom is 0.394 e. The minimum Gasteiger partial charge on any atom is -0.379 e. The maximum absolute atomic E-state index is 12.3. The lowest BCUT2D eigenvalue weighted by atomic mass is 9.98. The van der Waals surface area contributed by atoms with Crippen LogP contribution in [0.4, 0.5) is 13.2 Å². The standard InChI is InChI=1S/C11H19F3O2/c1-2-3-6-15-8-10-5-4-9(7-16-10)11(12,13)14/h9-10H,2-8H2,1H3/t9-,10+/m0/s1. The topological polar surface area (TPSA) is 18.5 Å². The fraction of sp³-hybridized carbons (Fsp3) is 1.00. The average molecular weight is 240 g/mol. The van der Waals surface area contributed by atoms with Crippen molar-refractivity contribution in [3.8, 4) is 0 Å². The van der Waals surface area contributed by atoms with Gasteiger partial charge in [-0.2, -0.15) is 13.2 Å². The molecule has 0 bridgehead atoms. The average Bonchev–Trinajstić information content (AvgIpc) is 2.24. The lowest BCUT2D eigenvalue weighted by Gasteiger charge is -2.30. The van der Waals surface area contributed by atoms with Crippen molar-refractivity contribution in [1.29, 1.82) is 0 Å². The van der Waals surface area contributed by atoms with Gasteiger partial charge in [-0.15, -0.1) is 0 Å². The van der Waals surface area contributed by atoms with Crippen LogP contribution in [-0.2, 0) is 9.47 Å². The van der Waals surface area contributed by atoms with Crippen molar-refractivity contribution in [2.45, 2.75) is 44.9 Å². The summed E-state index contributed by atoms with van der Waals surface area (Å²) in [5.74, 6) is -1.29. The van der Waals surface area contributed by atoms with Gasteiger partial charge in [-0.3, -0.25) is 0 Å². The van der Waals surface area contributed by atoms with Crippen LogP contribution < -0.4 is 0 Å². The molecule has 1 fully saturated rings. The van der Waals surface area contributed by atoms with Gasteiger partial charge in [-0.05, 0) is 19.3 Å². The van der Waals surface area contributed by atoms with Crippen molar-refractivity contribution in [1.82, 2.24) is 0 Å². The van der Waals surface area contributed by atoms with Crippen LogP contribution in [0.15, 0.2) is 0 Å². The Morgan fingerprint density at radius 2 is 2.06 bits per heavy atom. The van der Waals surface area contributed by atoms with Gasteiger partial charge in [0.25, 0.3) is 0 Å². The molecule has 2 nitrogen and oxygen atoms in total. The lowest BCUT2D eigenvalue weighted by Crippen LogP contribution is -2.36. The highest BCUT2D eigenvalue weighted by Crippen LogP contribution is 2.33. The Morgan fingerprint density at radius 3 is 2.56 bits per heavy atom. The van der Waals surface area contributed by atoms with Crippen LogP contribution in [0.1, 0.15) is 32.6 Å². The van der Waals surface area contributed by atoms with Crippen molar-refractivity contribution in [3.05, 3.63) is 0 Å². The Balaban J connectivity index is 2.12. The van der Waals surface area contributed by atoms with Gasteiger partial charge in [-0.1, -0.05) is 13.3 Å². The quantitative estimate of drug-likeness (QED) is 0.687.